The Labute approximate surface area is 175 Å². The largest absolute Gasteiger partial charge is 0.507 e. The summed E-state index contributed by atoms with van der Waals surface area (Å²) >= 11 is 0. The fraction of sp³-hybridized carbons (Fsp3) is 0.304. The van der Waals surface area contributed by atoms with Gasteiger partial charge in [0, 0.05) is 18.7 Å². The molecule has 3 rings (SSSR count). The number of ether oxygens (including phenoxy) is 1. The van der Waals surface area contributed by atoms with Crippen LogP contribution in [0.1, 0.15) is 24.1 Å². The van der Waals surface area contributed by atoms with Crippen molar-refractivity contribution in [3.8, 4) is 5.75 Å². The minimum Gasteiger partial charge on any atom is -0.507 e. The normalized spacial score (nSPS) is 18.3. The average Bonchev–Trinajstić information content (AvgIpc) is 2.98. The van der Waals surface area contributed by atoms with Crippen LogP contribution in [0.2, 0.25) is 0 Å². The molecule has 2 aromatic rings. The van der Waals surface area contributed by atoms with E-state index in [1.807, 2.05) is 25.9 Å². The first-order valence-electron chi connectivity index (χ1n) is 9.75. The van der Waals surface area contributed by atoms with Gasteiger partial charge in [0.15, 0.2) is 0 Å². The number of hydrogen-bond acceptors (Lipinski definition) is 5. The van der Waals surface area contributed by atoms with Crippen molar-refractivity contribution in [2.24, 2.45) is 0 Å². The van der Waals surface area contributed by atoms with E-state index in [1.54, 1.807) is 24.3 Å². The monoisotopic (exact) mass is 412 g/mol. The van der Waals surface area contributed by atoms with Gasteiger partial charge in [-0.2, -0.15) is 0 Å². The number of likely N-dealkylation sites (N-methyl/N-ethyl adjacent to an activating group) is 1. The number of likely N-dealkylation sites (tertiary alicyclic amines) is 1. The number of ketones is 1. The molecule has 0 radical (unpaired) electrons. The molecule has 0 aliphatic carbocycles. The Balaban J connectivity index is 2.08. The van der Waals surface area contributed by atoms with Gasteiger partial charge in [-0.3, -0.25) is 9.59 Å². The molecule has 1 fully saturated rings. The highest BCUT2D eigenvalue weighted by Crippen LogP contribution is 2.39. The van der Waals surface area contributed by atoms with Crippen LogP contribution in [-0.2, 0) is 9.59 Å². The maximum Gasteiger partial charge on any atom is 0.295 e. The van der Waals surface area contributed by atoms with Gasteiger partial charge in [0.25, 0.3) is 11.7 Å². The fourth-order valence-corrected chi connectivity index (χ4v) is 3.44. The third-order valence-corrected chi connectivity index (χ3v) is 4.95. The fourth-order valence-electron chi connectivity index (χ4n) is 3.44. The van der Waals surface area contributed by atoms with E-state index in [-0.39, 0.29) is 11.3 Å². The summed E-state index contributed by atoms with van der Waals surface area (Å²) in [5, 5.41) is 11.0. The lowest BCUT2D eigenvalue weighted by Gasteiger charge is -2.26. The molecule has 7 heteroatoms. The highest BCUT2D eigenvalue weighted by atomic mass is 19.1. The number of Topliss-reactive ketones (excluding diaryl/α,β-unsaturated/α-hetero) is 1. The molecule has 158 valence electrons. The van der Waals surface area contributed by atoms with Gasteiger partial charge in [-0.1, -0.05) is 12.1 Å². The molecule has 1 aliphatic heterocycles. The van der Waals surface area contributed by atoms with Crippen LogP contribution in [0, 0.1) is 5.82 Å². The summed E-state index contributed by atoms with van der Waals surface area (Å²) in [4.78, 5) is 29.0. The Kier molecular flexibility index (Phi) is 6.52. The van der Waals surface area contributed by atoms with Crippen molar-refractivity contribution in [1.82, 2.24) is 9.80 Å². The lowest BCUT2D eigenvalue weighted by atomic mass is 9.95. The van der Waals surface area contributed by atoms with Crippen LogP contribution in [0.4, 0.5) is 4.39 Å². The third-order valence-electron chi connectivity index (χ3n) is 4.95. The average molecular weight is 412 g/mol. The lowest BCUT2D eigenvalue weighted by molar-refractivity contribution is -0.140. The molecular formula is C23H25FN2O4. The molecule has 1 saturated heterocycles. The predicted octanol–water partition coefficient (Wildman–Crippen LogP) is 3.21. The number of benzene rings is 2. The van der Waals surface area contributed by atoms with Crippen molar-refractivity contribution in [3.05, 3.63) is 71.0 Å². The molecule has 1 unspecified atom stereocenters. The standard InChI is InChI=1S/C23H25FN2O4/c1-4-30-18-11-7-16(8-12-18)21(27)19-20(15-5-9-17(24)10-6-15)26(14-13-25(2)3)23(29)22(19)28/h5-12,20,27H,4,13-14H2,1-3H3/b21-19-. The van der Waals surface area contributed by atoms with Crippen molar-refractivity contribution in [2.75, 3.05) is 33.8 Å². The molecule has 0 bridgehead atoms. The summed E-state index contributed by atoms with van der Waals surface area (Å²) in [7, 11) is 3.73. The van der Waals surface area contributed by atoms with Crippen LogP contribution >= 0.6 is 0 Å². The summed E-state index contributed by atoms with van der Waals surface area (Å²) < 4.78 is 18.9. The SMILES string of the molecule is CCOc1ccc(/C(O)=C2/C(=O)C(=O)N(CCN(C)C)C2c2ccc(F)cc2)cc1. The molecule has 1 N–H and O–H groups in total. The Bertz CT molecular complexity index is 952. The third kappa shape index (κ3) is 4.36. The van der Waals surface area contributed by atoms with E-state index in [1.165, 1.54) is 29.2 Å². The maximum absolute atomic E-state index is 13.5. The second-order valence-corrected chi connectivity index (χ2v) is 7.30. The molecule has 1 amide bonds. The second kappa shape index (κ2) is 9.09. The van der Waals surface area contributed by atoms with E-state index >= 15 is 0 Å². The van der Waals surface area contributed by atoms with E-state index in [0.717, 1.165) is 0 Å². The first kappa shape index (κ1) is 21.5. The van der Waals surface area contributed by atoms with Crippen molar-refractivity contribution < 1.29 is 23.8 Å². The lowest BCUT2D eigenvalue weighted by Crippen LogP contribution is -2.35. The molecule has 0 aromatic heterocycles. The second-order valence-electron chi connectivity index (χ2n) is 7.30. The number of carbonyl (C=O) groups is 2. The summed E-state index contributed by atoms with van der Waals surface area (Å²) in [6.07, 6.45) is 0. The molecule has 6 nitrogen and oxygen atoms in total. The molecular weight excluding hydrogens is 387 g/mol. The Hall–Kier alpha value is -3.19. The number of amides is 1. The summed E-state index contributed by atoms with van der Waals surface area (Å²) in [6.45, 7) is 3.20. The number of nitrogens with zero attached hydrogens (tertiary/aromatic N) is 2. The zero-order valence-corrected chi connectivity index (χ0v) is 17.3. The molecule has 30 heavy (non-hydrogen) atoms. The van der Waals surface area contributed by atoms with Gasteiger partial charge >= 0.3 is 0 Å². The van der Waals surface area contributed by atoms with E-state index < -0.39 is 23.5 Å². The van der Waals surface area contributed by atoms with Gasteiger partial charge in [0.1, 0.15) is 17.3 Å². The van der Waals surface area contributed by atoms with Crippen molar-refractivity contribution >= 4 is 17.4 Å². The number of aliphatic hydroxyl groups excluding tert-OH is 1. The zero-order chi connectivity index (χ0) is 21.8. The predicted molar refractivity (Wildman–Crippen MR) is 112 cm³/mol. The van der Waals surface area contributed by atoms with Crippen LogP contribution in [0.5, 0.6) is 5.75 Å². The quantitative estimate of drug-likeness (QED) is 0.430. The van der Waals surface area contributed by atoms with Gasteiger partial charge in [0.05, 0.1) is 18.2 Å². The smallest absolute Gasteiger partial charge is 0.295 e. The highest BCUT2D eigenvalue weighted by molar-refractivity contribution is 6.46. The van der Waals surface area contributed by atoms with E-state index in [9.17, 15) is 19.1 Å². The van der Waals surface area contributed by atoms with Gasteiger partial charge in [0.2, 0.25) is 0 Å². The molecule has 1 heterocycles. The number of hydrogen-bond donors (Lipinski definition) is 1. The summed E-state index contributed by atoms with van der Waals surface area (Å²) in [6, 6.07) is 11.5. The van der Waals surface area contributed by atoms with E-state index in [2.05, 4.69) is 0 Å². The van der Waals surface area contributed by atoms with Gasteiger partial charge in [-0.15, -0.1) is 0 Å². The van der Waals surface area contributed by atoms with Crippen molar-refractivity contribution in [3.63, 3.8) is 0 Å². The summed E-state index contributed by atoms with van der Waals surface area (Å²) in [5.41, 5.74) is 0.951. The minimum absolute atomic E-state index is 0.00507. The first-order valence-corrected chi connectivity index (χ1v) is 9.75. The molecule has 1 atom stereocenters. The van der Waals surface area contributed by atoms with Gasteiger partial charge < -0.3 is 19.6 Å². The number of halogens is 1. The van der Waals surface area contributed by atoms with Crippen LogP contribution in [0.15, 0.2) is 54.1 Å². The molecule has 2 aromatic carbocycles. The number of aliphatic hydroxyl groups is 1. The van der Waals surface area contributed by atoms with Crippen molar-refractivity contribution in [1.29, 1.82) is 0 Å². The molecule has 0 saturated carbocycles. The Morgan fingerprint density at radius 3 is 2.30 bits per heavy atom. The van der Waals surface area contributed by atoms with Crippen LogP contribution < -0.4 is 4.74 Å². The summed E-state index contributed by atoms with van der Waals surface area (Å²) in [5.74, 6) is -1.49. The Morgan fingerprint density at radius 2 is 1.73 bits per heavy atom. The zero-order valence-electron chi connectivity index (χ0n) is 17.3. The van der Waals surface area contributed by atoms with Gasteiger partial charge in [-0.25, -0.2) is 4.39 Å². The van der Waals surface area contributed by atoms with E-state index in [0.29, 0.717) is 36.6 Å². The van der Waals surface area contributed by atoms with Crippen LogP contribution in [0.3, 0.4) is 0 Å². The van der Waals surface area contributed by atoms with Gasteiger partial charge in [-0.05, 0) is 63.0 Å². The maximum atomic E-state index is 13.5. The van der Waals surface area contributed by atoms with Crippen LogP contribution in [-0.4, -0.2) is 60.4 Å². The highest BCUT2D eigenvalue weighted by Gasteiger charge is 2.45. The Morgan fingerprint density at radius 1 is 1.10 bits per heavy atom. The molecule has 0 spiro atoms. The first-order chi connectivity index (χ1) is 14.3. The van der Waals surface area contributed by atoms with E-state index in [4.69, 9.17) is 4.74 Å². The van der Waals surface area contributed by atoms with Crippen molar-refractivity contribution in [2.45, 2.75) is 13.0 Å². The number of carbonyl (C=O) groups excluding carboxylic acids is 2. The molecule has 1 aliphatic rings. The number of rotatable bonds is 7. The minimum atomic E-state index is -0.794. The van der Waals surface area contributed by atoms with Crippen LogP contribution in [0.25, 0.3) is 5.76 Å². The topological polar surface area (TPSA) is 70.1 Å².